The molecular weight excluding hydrogens is 286 g/mol. The lowest BCUT2D eigenvalue weighted by molar-refractivity contribution is 0.0938. The summed E-state index contributed by atoms with van der Waals surface area (Å²) in [6.07, 6.45) is 1.23. The number of amides is 1. The van der Waals surface area contributed by atoms with E-state index in [0.717, 1.165) is 11.0 Å². The lowest BCUT2D eigenvalue weighted by Gasteiger charge is -2.09. The molecular formula is C14H15N5O3. The lowest BCUT2D eigenvalue weighted by Crippen LogP contribution is -2.27. The molecule has 114 valence electrons. The highest BCUT2D eigenvalue weighted by atomic mass is 16.5. The highest BCUT2D eigenvalue weighted by Crippen LogP contribution is 2.18. The van der Waals surface area contributed by atoms with Crippen molar-refractivity contribution in [2.24, 2.45) is 0 Å². The Hall–Kier alpha value is -2.90. The molecule has 0 aliphatic carbocycles. The number of rotatable bonds is 5. The van der Waals surface area contributed by atoms with Crippen molar-refractivity contribution in [2.75, 3.05) is 6.61 Å². The molecule has 2 N–H and O–H groups in total. The molecule has 8 nitrogen and oxygen atoms in total. The van der Waals surface area contributed by atoms with Crippen LogP contribution in [0.2, 0.25) is 0 Å². The van der Waals surface area contributed by atoms with Gasteiger partial charge in [0, 0.05) is 5.56 Å². The number of carbonyl (C=O) groups excluding carboxylic acids is 1. The Kier molecular flexibility index (Phi) is 3.73. The monoisotopic (exact) mass is 301 g/mol. The van der Waals surface area contributed by atoms with E-state index < -0.39 is 0 Å². The van der Waals surface area contributed by atoms with E-state index in [1.165, 1.54) is 6.39 Å². The predicted molar refractivity (Wildman–Crippen MR) is 77.4 cm³/mol. The Labute approximate surface area is 125 Å². The van der Waals surface area contributed by atoms with Crippen LogP contribution in [0.15, 0.2) is 29.1 Å². The molecule has 3 aromatic rings. The van der Waals surface area contributed by atoms with Crippen LogP contribution in [0.1, 0.15) is 36.1 Å². The Bertz CT molecular complexity index is 781. The van der Waals surface area contributed by atoms with Crippen molar-refractivity contribution >= 4 is 16.9 Å². The number of aromatic amines is 1. The number of hydrogen-bond donors (Lipinski definition) is 2. The number of fused-ring (bicyclic) bond motifs is 1. The normalized spacial score (nSPS) is 12.3. The minimum absolute atomic E-state index is 0.230. The van der Waals surface area contributed by atoms with Crippen LogP contribution in [0.25, 0.3) is 11.0 Å². The highest BCUT2D eigenvalue weighted by Gasteiger charge is 2.15. The van der Waals surface area contributed by atoms with E-state index in [1.807, 2.05) is 6.92 Å². The fourth-order valence-electron chi connectivity index (χ4n) is 2.05. The van der Waals surface area contributed by atoms with Crippen LogP contribution in [-0.4, -0.2) is 32.6 Å². The number of aromatic nitrogens is 4. The SMILES string of the molecule is CCOc1nc2ccc(C(=O)N[C@@H](C)c3ncon3)cc2[nH]1. The quantitative estimate of drug-likeness (QED) is 0.744. The molecule has 0 saturated heterocycles. The summed E-state index contributed by atoms with van der Waals surface area (Å²) < 4.78 is 9.98. The maximum Gasteiger partial charge on any atom is 0.294 e. The maximum atomic E-state index is 12.3. The second kappa shape index (κ2) is 5.84. The molecule has 1 aromatic carbocycles. The summed E-state index contributed by atoms with van der Waals surface area (Å²) in [5.74, 6) is 0.196. The fourth-order valence-corrected chi connectivity index (χ4v) is 2.05. The first kappa shape index (κ1) is 14.1. The molecule has 0 radical (unpaired) electrons. The van der Waals surface area contributed by atoms with E-state index >= 15 is 0 Å². The average molecular weight is 301 g/mol. The fraction of sp³-hybridized carbons (Fsp3) is 0.286. The minimum atomic E-state index is -0.345. The van der Waals surface area contributed by atoms with Gasteiger partial charge >= 0.3 is 0 Å². The first-order valence-corrected chi connectivity index (χ1v) is 6.87. The van der Waals surface area contributed by atoms with E-state index in [-0.39, 0.29) is 11.9 Å². The first-order valence-electron chi connectivity index (χ1n) is 6.87. The summed E-state index contributed by atoms with van der Waals surface area (Å²) in [6.45, 7) is 4.19. The third kappa shape index (κ3) is 2.76. The van der Waals surface area contributed by atoms with Crippen molar-refractivity contribution in [3.63, 3.8) is 0 Å². The van der Waals surface area contributed by atoms with Gasteiger partial charge in [0.25, 0.3) is 11.9 Å². The van der Waals surface area contributed by atoms with Crippen LogP contribution in [-0.2, 0) is 0 Å². The summed E-state index contributed by atoms with van der Waals surface area (Å²) >= 11 is 0. The van der Waals surface area contributed by atoms with Crippen LogP contribution >= 0.6 is 0 Å². The molecule has 0 saturated carbocycles. The number of carbonyl (C=O) groups is 1. The topological polar surface area (TPSA) is 106 Å². The molecule has 22 heavy (non-hydrogen) atoms. The van der Waals surface area contributed by atoms with Crippen molar-refractivity contribution in [3.05, 3.63) is 36.0 Å². The van der Waals surface area contributed by atoms with Gasteiger partial charge in [0.2, 0.25) is 6.39 Å². The molecule has 0 bridgehead atoms. The number of H-pyrrole nitrogens is 1. The van der Waals surface area contributed by atoms with Crippen LogP contribution in [0.5, 0.6) is 6.01 Å². The van der Waals surface area contributed by atoms with Crippen LogP contribution < -0.4 is 10.1 Å². The summed E-state index contributed by atoms with van der Waals surface area (Å²) in [4.78, 5) is 23.5. The van der Waals surface area contributed by atoms with Crippen LogP contribution in [0.3, 0.4) is 0 Å². The molecule has 8 heteroatoms. The molecule has 2 heterocycles. The van der Waals surface area contributed by atoms with Gasteiger partial charge in [-0.3, -0.25) is 4.79 Å². The van der Waals surface area contributed by atoms with Crippen molar-refractivity contribution < 1.29 is 14.1 Å². The third-order valence-corrected chi connectivity index (χ3v) is 3.12. The molecule has 0 spiro atoms. The second-order valence-electron chi connectivity index (χ2n) is 4.69. The maximum absolute atomic E-state index is 12.3. The van der Waals surface area contributed by atoms with Gasteiger partial charge in [-0.15, -0.1) is 0 Å². The molecule has 0 unspecified atom stereocenters. The van der Waals surface area contributed by atoms with Gasteiger partial charge in [-0.25, -0.2) is 0 Å². The van der Waals surface area contributed by atoms with Crippen LogP contribution in [0.4, 0.5) is 0 Å². The minimum Gasteiger partial charge on any atom is -0.465 e. The number of nitrogens with one attached hydrogen (secondary N) is 2. The predicted octanol–water partition coefficient (Wildman–Crippen LogP) is 1.84. The van der Waals surface area contributed by atoms with E-state index in [0.29, 0.717) is 24.0 Å². The average Bonchev–Trinajstić information content (AvgIpc) is 3.15. The molecule has 0 aliphatic heterocycles. The molecule has 0 fully saturated rings. The first-order chi connectivity index (χ1) is 10.7. The molecule has 2 aromatic heterocycles. The number of imidazole rings is 1. The number of hydrogen-bond acceptors (Lipinski definition) is 6. The van der Waals surface area contributed by atoms with E-state index in [4.69, 9.17) is 4.74 Å². The van der Waals surface area contributed by atoms with Gasteiger partial charge < -0.3 is 19.6 Å². The smallest absolute Gasteiger partial charge is 0.294 e. The summed E-state index contributed by atoms with van der Waals surface area (Å²) in [5.41, 5.74) is 1.99. The highest BCUT2D eigenvalue weighted by molar-refractivity contribution is 5.97. The van der Waals surface area contributed by atoms with Gasteiger partial charge in [0.05, 0.1) is 23.7 Å². The Morgan fingerprint density at radius 2 is 2.36 bits per heavy atom. The zero-order valence-corrected chi connectivity index (χ0v) is 12.2. The lowest BCUT2D eigenvalue weighted by atomic mass is 10.1. The number of ether oxygens (including phenoxy) is 1. The van der Waals surface area contributed by atoms with Crippen molar-refractivity contribution in [1.29, 1.82) is 0 Å². The zero-order valence-electron chi connectivity index (χ0n) is 12.2. The Morgan fingerprint density at radius 3 is 3.09 bits per heavy atom. The van der Waals surface area contributed by atoms with Crippen molar-refractivity contribution in [3.8, 4) is 6.01 Å². The third-order valence-electron chi connectivity index (χ3n) is 3.12. The van der Waals surface area contributed by atoms with Crippen LogP contribution in [0, 0.1) is 0 Å². The van der Waals surface area contributed by atoms with Gasteiger partial charge in [-0.05, 0) is 32.0 Å². The molecule has 1 atom stereocenters. The standard InChI is InChI=1S/C14H15N5O3/c1-3-21-14-17-10-5-4-9(6-11(10)18-14)13(20)16-8(2)12-15-7-22-19-12/h4-8H,3H2,1-2H3,(H,16,20)(H,17,18)/t8-/m0/s1. The number of nitrogens with zero attached hydrogens (tertiary/aromatic N) is 3. The second-order valence-corrected chi connectivity index (χ2v) is 4.69. The van der Waals surface area contributed by atoms with Crippen molar-refractivity contribution in [2.45, 2.75) is 19.9 Å². The van der Waals surface area contributed by atoms with Crippen molar-refractivity contribution in [1.82, 2.24) is 25.4 Å². The number of benzene rings is 1. The Morgan fingerprint density at radius 1 is 1.50 bits per heavy atom. The zero-order chi connectivity index (χ0) is 15.5. The molecule has 3 rings (SSSR count). The van der Waals surface area contributed by atoms with E-state index in [2.05, 4.69) is 29.9 Å². The van der Waals surface area contributed by atoms with Gasteiger partial charge in [-0.1, -0.05) is 5.16 Å². The molecule has 1 amide bonds. The van der Waals surface area contributed by atoms with Gasteiger partial charge in [0.15, 0.2) is 5.82 Å². The van der Waals surface area contributed by atoms with E-state index in [1.54, 1.807) is 25.1 Å². The van der Waals surface area contributed by atoms with E-state index in [9.17, 15) is 4.79 Å². The molecule has 0 aliphatic rings. The summed E-state index contributed by atoms with van der Waals surface area (Å²) in [7, 11) is 0. The summed E-state index contributed by atoms with van der Waals surface area (Å²) in [5, 5.41) is 6.51. The largest absolute Gasteiger partial charge is 0.465 e. The Balaban J connectivity index is 1.78. The summed E-state index contributed by atoms with van der Waals surface area (Å²) in [6, 6.07) is 5.29. The van der Waals surface area contributed by atoms with Gasteiger partial charge in [0.1, 0.15) is 0 Å². The van der Waals surface area contributed by atoms with Gasteiger partial charge in [-0.2, -0.15) is 9.97 Å².